The molecule has 9 heteroatoms. The predicted molar refractivity (Wildman–Crippen MR) is 96.8 cm³/mol. The van der Waals surface area contributed by atoms with Crippen LogP contribution in [0.15, 0.2) is 16.2 Å². The summed E-state index contributed by atoms with van der Waals surface area (Å²) in [6.45, 7) is 2.76. The molecular formula is C15H20N4O3S2. The Bertz CT molecular complexity index is 837. The van der Waals surface area contributed by atoms with Gasteiger partial charge < -0.3 is 15.6 Å². The minimum Gasteiger partial charge on any atom is -0.355 e. The number of amides is 2. The largest absolute Gasteiger partial charge is 0.355 e. The lowest BCUT2D eigenvalue weighted by Crippen LogP contribution is -2.33. The fraction of sp³-hybridized carbons (Fsp3) is 0.467. The highest BCUT2D eigenvalue weighted by molar-refractivity contribution is 7.71. The number of unbranched alkanes of at least 4 members (excludes halogenated alkanes) is 1. The number of nitrogens with one attached hydrogen (secondary N) is 3. The van der Waals surface area contributed by atoms with Gasteiger partial charge >= 0.3 is 0 Å². The fourth-order valence-electron chi connectivity index (χ4n) is 2.26. The van der Waals surface area contributed by atoms with Gasteiger partial charge in [-0.2, -0.15) is 0 Å². The summed E-state index contributed by atoms with van der Waals surface area (Å²) < 4.78 is 2.62. The first-order valence-electron chi connectivity index (χ1n) is 7.70. The number of rotatable bonds is 8. The van der Waals surface area contributed by atoms with Crippen LogP contribution in [0, 0.1) is 4.77 Å². The molecule has 7 nitrogen and oxygen atoms in total. The molecule has 0 aromatic carbocycles. The molecule has 0 aliphatic carbocycles. The smallest absolute Gasteiger partial charge is 0.272 e. The van der Waals surface area contributed by atoms with E-state index in [2.05, 4.69) is 15.6 Å². The van der Waals surface area contributed by atoms with Crippen molar-refractivity contribution in [1.29, 1.82) is 0 Å². The summed E-state index contributed by atoms with van der Waals surface area (Å²) in [5.41, 5.74) is 0.688. The van der Waals surface area contributed by atoms with Crippen molar-refractivity contribution in [2.45, 2.75) is 32.7 Å². The number of fused-ring (bicyclic) bond motifs is 1. The Labute approximate surface area is 148 Å². The lowest BCUT2D eigenvalue weighted by atomic mass is 10.2. The molecule has 130 valence electrons. The Kier molecular flexibility index (Phi) is 6.68. The topological polar surface area (TPSA) is 96.0 Å². The molecule has 0 aliphatic heterocycles. The van der Waals surface area contributed by atoms with Gasteiger partial charge in [0.1, 0.15) is 4.70 Å². The van der Waals surface area contributed by atoms with E-state index >= 15 is 0 Å². The third-order valence-electron chi connectivity index (χ3n) is 3.45. The predicted octanol–water partition coefficient (Wildman–Crippen LogP) is 1.54. The van der Waals surface area contributed by atoms with Gasteiger partial charge in [-0.15, -0.1) is 11.3 Å². The molecule has 24 heavy (non-hydrogen) atoms. The Balaban J connectivity index is 1.76. The third-order valence-corrected chi connectivity index (χ3v) is 4.67. The molecule has 2 aromatic heterocycles. The summed E-state index contributed by atoms with van der Waals surface area (Å²) in [6.07, 6.45) is 1.73. The normalized spacial score (nSPS) is 10.7. The van der Waals surface area contributed by atoms with E-state index in [-0.39, 0.29) is 17.4 Å². The van der Waals surface area contributed by atoms with Gasteiger partial charge in [-0.25, -0.2) is 0 Å². The first kappa shape index (κ1) is 18.3. The standard InChI is InChI=1S/C15H20N4O3S2/c1-10(20)16-6-7-17-12(21)4-2-3-8-19-14(22)13-11(5-9-24-13)18-15(19)23/h5,9H,2-4,6-8H2,1H3,(H,16,20)(H,17,21)(H,18,23). The maximum atomic E-state index is 12.3. The molecule has 0 saturated heterocycles. The van der Waals surface area contributed by atoms with Crippen LogP contribution in [0.3, 0.4) is 0 Å². The van der Waals surface area contributed by atoms with Crippen molar-refractivity contribution in [3.63, 3.8) is 0 Å². The van der Waals surface area contributed by atoms with Crippen LogP contribution in [0.4, 0.5) is 0 Å². The van der Waals surface area contributed by atoms with Gasteiger partial charge in [-0.1, -0.05) is 0 Å². The summed E-state index contributed by atoms with van der Waals surface area (Å²) in [5, 5.41) is 7.20. The van der Waals surface area contributed by atoms with Gasteiger partial charge in [0.25, 0.3) is 5.56 Å². The number of nitrogens with zero attached hydrogens (tertiary/aromatic N) is 1. The van der Waals surface area contributed by atoms with Crippen LogP contribution >= 0.6 is 23.6 Å². The highest BCUT2D eigenvalue weighted by Gasteiger charge is 2.07. The Morgan fingerprint density at radius 2 is 2.04 bits per heavy atom. The molecule has 2 heterocycles. The molecule has 0 spiro atoms. The highest BCUT2D eigenvalue weighted by atomic mass is 32.1. The number of aromatic amines is 1. The molecule has 0 aliphatic rings. The van der Waals surface area contributed by atoms with E-state index in [9.17, 15) is 14.4 Å². The molecule has 2 amide bonds. The van der Waals surface area contributed by atoms with Crippen LogP contribution in [-0.2, 0) is 16.1 Å². The number of thiophene rings is 1. The summed E-state index contributed by atoms with van der Waals surface area (Å²) in [4.78, 5) is 37.7. The van der Waals surface area contributed by atoms with Crippen molar-refractivity contribution in [1.82, 2.24) is 20.2 Å². The molecule has 0 fully saturated rings. The van der Waals surface area contributed by atoms with E-state index in [4.69, 9.17) is 12.2 Å². The van der Waals surface area contributed by atoms with Crippen LogP contribution in [-0.4, -0.2) is 34.5 Å². The monoisotopic (exact) mass is 368 g/mol. The quantitative estimate of drug-likeness (QED) is 0.486. The molecule has 0 bridgehead atoms. The van der Waals surface area contributed by atoms with Crippen LogP contribution in [0.5, 0.6) is 0 Å². The van der Waals surface area contributed by atoms with Crippen molar-refractivity contribution >= 4 is 45.6 Å². The Morgan fingerprint density at radius 1 is 1.29 bits per heavy atom. The second-order valence-electron chi connectivity index (χ2n) is 5.34. The van der Waals surface area contributed by atoms with Crippen molar-refractivity contribution in [2.75, 3.05) is 13.1 Å². The molecule has 0 radical (unpaired) electrons. The van der Waals surface area contributed by atoms with Crippen LogP contribution in [0.25, 0.3) is 10.2 Å². The van der Waals surface area contributed by atoms with Gasteiger partial charge in [0.15, 0.2) is 4.77 Å². The summed E-state index contributed by atoms with van der Waals surface area (Å²) in [7, 11) is 0. The fourth-order valence-corrected chi connectivity index (χ4v) is 3.34. The maximum Gasteiger partial charge on any atom is 0.272 e. The van der Waals surface area contributed by atoms with Crippen molar-refractivity contribution in [3.8, 4) is 0 Å². The van der Waals surface area contributed by atoms with Gasteiger partial charge in [0.05, 0.1) is 5.52 Å². The number of hydrogen-bond acceptors (Lipinski definition) is 5. The molecule has 0 saturated carbocycles. The molecule has 0 atom stereocenters. The maximum absolute atomic E-state index is 12.3. The van der Waals surface area contributed by atoms with Crippen LogP contribution in [0.2, 0.25) is 0 Å². The van der Waals surface area contributed by atoms with Crippen molar-refractivity contribution in [2.24, 2.45) is 0 Å². The number of carbonyl (C=O) groups excluding carboxylic acids is 2. The van der Waals surface area contributed by atoms with Crippen LogP contribution < -0.4 is 16.2 Å². The minimum absolute atomic E-state index is 0.0634. The number of carbonyl (C=O) groups is 2. The van der Waals surface area contributed by atoms with E-state index in [0.29, 0.717) is 48.4 Å². The Morgan fingerprint density at radius 3 is 2.79 bits per heavy atom. The van der Waals surface area contributed by atoms with Crippen molar-refractivity contribution < 1.29 is 9.59 Å². The van der Waals surface area contributed by atoms with E-state index in [0.717, 1.165) is 5.52 Å². The highest BCUT2D eigenvalue weighted by Crippen LogP contribution is 2.14. The molecule has 3 N–H and O–H groups in total. The lowest BCUT2D eigenvalue weighted by molar-refractivity contribution is -0.122. The third kappa shape index (κ3) is 5.00. The van der Waals surface area contributed by atoms with E-state index < -0.39 is 0 Å². The van der Waals surface area contributed by atoms with Gasteiger partial charge in [-0.05, 0) is 36.5 Å². The lowest BCUT2D eigenvalue weighted by Gasteiger charge is -2.07. The van der Waals surface area contributed by atoms with E-state index in [1.54, 1.807) is 4.57 Å². The van der Waals surface area contributed by atoms with Gasteiger partial charge in [0.2, 0.25) is 11.8 Å². The summed E-state index contributed by atoms with van der Waals surface area (Å²) >= 11 is 6.61. The molecule has 0 unspecified atom stereocenters. The first-order chi connectivity index (χ1) is 11.5. The molecule has 2 rings (SSSR count). The summed E-state index contributed by atoms with van der Waals surface area (Å²) in [5.74, 6) is -0.180. The number of H-pyrrole nitrogens is 1. The zero-order chi connectivity index (χ0) is 17.5. The van der Waals surface area contributed by atoms with E-state index in [1.165, 1.54) is 18.3 Å². The second-order valence-corrected chi connectivity index (χ2v) is 6.64. The average molecular weight is 368 g/mol. The van der Waals surface area contributed by atoms with Gasteiger partial charge in [0, 0.05) is 33.0 Å². The average Bonchev–Trinajstić information content (AvgIpc) is 2.99. The SMILES string of the molecule is CC(=O)NCCNC(=O)CCCCn1c(=S)[nH]c2ccsc2c1=O. The van der Waals surface area contributed by atoms with Crippen LogP contribution in [0.1, 0.15) is 26.2 Å². The number of hydrogen-bond donors (Lipinski definition) is 3. The minimum atomic E-state index is -0.117. The first-order valence-corrected chi connectivity index (χ1v) is 8.99. The second kappa shape index (κ2) is 8.74. The van der Waals surface area contributed by atoms with Crippen molar-refractivity contribution in [3.05, 3.63) is 26.6 Å². The zero-order valence-corrected chi connectivity index (χ0v) is 15.0. The number of aromatic nitrogens is 2. The zero-order valence-electron chi connectivity index (χ0n) is 13.4. The Hall–Kier alpha value is -2.00. The summed E-state index contributed by atoms with van der Waals surface area (Å²) in [6, 6.07) is 1.84. The molecule has 2 aromatic rings. The van der Waals surface area contributed by atoms with E-state index in [1.807, 2.05) is 11.4 Å². The molecular weight excluding hydrogens is 348 g/mol. The van der Waals surface area contributed by atoms with Gasteiger partial charge in [-0.3, -0.25) is 19.0 Å².